The Hall–Kier alpha value is -4.17. The molecule has 0 aromatic carbocycles. The van der Waals surface area contributed by atoms with Crippen molar-refractivity contribution in [3.8, 4) is 0 Å². The Labute approximate surface area is 250 Å². The van der Waals surface area contributed by atoms with Crippen LogP contribution in [0.3, 0.4) is 0 Å². The van der Waals surface area contributed by atoms with E-state index in [1.54, 1.807) is 41.5 Å². The summed E-state index contributed by atoms with van der Waals surface area (Å²) >= 11 is 0.907. The van der Waals surface area contributed by atoms with E-state index < -0.39 is 69.3 Å². The predicted molar refractivity (Wildman–Crippen MR) is 149 cm³/mol. The largest absolute Gasteiger partial charge is 0.457 e. The Morgan fingerprint density at radius 2 is 1.81 bits per heavy atom. The van der Waals surface area contributed by atoms with E-state index in [2.05, 4.69) is 30.9 Å². The Morgan fingerprint density at radius 3 is 2.37 bits per heavy atom. The first-order valence-electron chi connectivity index (χ1n) is 12.6. The highest BCUT2D eigenvalue weighted by Gasteiger charge is 2.54. The summed E-state index contributed by atoms with van der Waals surface area (Å²) in [7, 11) is -4.97. The standard InChI is InChI=1S/C23H32N8O10S2/c1-12(19(34)39-22(2,3)4)41-29-15(13-9-42-20(26-13)28-21(35)40-23(5,6)7)17(32)27-16-14(8-30-11-24-10-25-30)31(18(16)33)43(36,37)38/h9-12,14,16H,8H2,1-7H3,(H,27,32)(H,26,28,35)(H,36,37,38)/t12?,14-,16+/m1/s1. The van der Waals surface area contributed by atoms with Crippen molar-refractivity contribution in [2.24, 2.45) is 5.16 Å². The molecule has 0 aliphatic carbocycles. The maximum absolute atomic E-state index is 13.4. The number of anilines is 1. The molecule has 18 nitrogen and oxygen atoms in total. The van der Waals surface area contributed by atoms with Gasteiger partial charge >= 0.3 is 22.4 Å². The summed E-state index contributed by atoms with van der Waals surface area (Å²) in [5.74, 6) is -2.97. The summed E-state index contributed by atoms with van der Waals surface area (Å²) in [6.45, 7) is 11.0. The van der Waals surface area contributed by atoms with Crippen LogP contribution >= 0.6 is 11.3 Å². The lowest BCUT2D eigenvalue weighted by molar-refractivity contribution is -0.167. The van der Waals surface area contributed by atoms with Gasteiger partial charge in [-0.1, -0.05) is 5.16 Å². The van der Waals surface area contributed by atoms with Gasteiger partial charge in [0, 0.05) is 5.38 Å². The third-order valence-corrected chi connectivity index (χ3v) is 6.86. The molecule has 236 valence electrons. The SMILES string of the molecule is CC(ON=C(C(=O)N[C@@H]1C(=O)N(S(=O)(=O)O)[C@@H]1Cn1cncn1)c1csc(NC(=O)OC(C)(C)C)n1)C(=O)OC(C)(C)C. The fraction of sp³-hybridized carbons (Fsp3) is 0.565. The fourth-order valence-electron chi connectivity index (χ4n) is 3.46. The molecule has 3 atom stereocenters. The van der Waals surface area contributed by atoms with Crippen LogP contribution in [0.15, 0.2) is 23.2 Å². The van der Waals surface area contributed by atoms with Gasteiger partial charge in [0.25, 0.3) is 11.8 Å². The number of ether oxygens (including phenoxy) is 2. The number of thiazole rings is 1. The zero-order valence-electron chi connectivity index (χ0n) is 24.3. The lowest BCUT2D eigenvalue weighted by atomic mass is 9.98. The van der Waals surface area contributed by atoms with E-state index in [1.807, 2.05) is 0 Å². The number of carbonyl (C=O) groups is 4. The first kappa shape index (κ1) is 33.3. The van der Waals surface area contributed by atoms with E-state index in [9.17, 15) is 32.1 Å². The second-order valence-electron chi connectivity index (χ2n) is 11.1. The Bertz CT molecular complexity index is 1490. The monoisotopic (exact) mass is 644 g/mol. The Kier molecular flexibility index (Phi) is 9.76. The number of esters is 1. The van der Waals surface area contributed by atoms with Crippen molar-refractivity contribution < 1.29 is 46.5 Å². The third-order valence-electron chi connectivity index (χ3n) is 5.16. The molecule has 3 N–H and O–H groups in total. The maximum atomic E-state index is 13.4. The molecule has 1 aliphatic rings. The van der Waals surface area contributed by atoms with Gasteiger partial charge in [0.2, 0.25) is 6.10 Å². The number of hydrogen-bond donors (Lipinski definition) is 3. The van der Waals surface area contributed by atoms with E-state index >= 15 is 0 Å². The molecule has 2 aromatic rings. The van der Waals surface area contributed by atoms with Gasteiger partial charge in [0.1, 0.15) is 35.6 Å². The normalized spacial score (nSPS) is 18.4. The molecule has 43 heavy (non-hydrogen) atoms. The summed E-state index contributed by atoms with van der Waals surface area (Å²) in [6.07, 6.45) is 0.329. The minimum Gasteiger partial charge on any atom is -0.457 e. The molecule has 0 bridgehead atoms. The maximum Gasteiger partial charge on any atom is 0.413 e. The lowest BCUT2D eigenvalue weighted by Crippen LogP contribution is -2.73. The van der Waals surface area contributed by atoms with Crippen LogP contribution in [-0.4, -0.2) is 96.0 Å². The zero-order valence-corrected chi connectivity index (χ0v) is 25.9. The minimum atomic E-state index is -4.97. The minimum absolute atomic E-state index is 0.0197. The van der Waals surface area contributed by atoms with Gasteiger partial charge in [-0.25, -0.2) is 23.9 Å². The highest BCUT2D eigenvalue weighted by molar-refractivity contribution is 7.84. The predicted octanol–water partition coefficient (Wildman–Crippen LogP) is 0.731. The van der Waals surface area contributed by atoms with Crippen molar-refractivity contribution in [3.63, 3.8) is 0 Å². The summed E-state index contributed by atoms with van der Waals surface area (Å²) in [4.78, 5) is 63.8. The molecule has 1 saturated heterocycles. The van der Waals surface area contributed by atoms with Gasteiger partial charge in [0.15, 0.2) is 10.8 Å². The average Bonchev–Trinajstić information content (AvgIpc) is 3.51. The molecule has 3 amide bonds. The van der Waals surface area contributed by atoms with Gasteiger partial charge in [-0.3, -0.25) is 24.1 Å². The first-order chi connectivity index (χ1) is 19.7. The molecule has 0 radical (unpaired) electrons. The molecular formula is C23H32N8O10S2. The molecule has 0 spiro atoms. The van der Waals surface area contributed by atoms with Gasteiger partial charge in [-0.2, -0.15) is 13.5 Å². The van der Waals surface area contributed by atoms with Crippen molar-refractivity contribution in [2.75, 3.05) is 5.32 Å². The van der Waals surface area contributed by atoms with E-state index in [0.717, 1.165) is 11.3 Å². The Balaban J connectivity index is 1.88. The molecule has 20 heteroatoms. The van der Waals surface area contributed by atoms with Crippen LogP contribution in [0, 0.1) is 0 Å². The number of carbonyl (C=O) groups excluding carboxylic acids is 4. The lowest BCUT2D eigenvalue weighted by Gasteiger charge is -2.43. The number of nitrogens with zero attached hydrogens (tertiary/aromatic N) is 6. The molecule has 1 fully saturated rings. The van der Waals surface area contributed by atoms with Gasteiger partial charge < -0.3 is 19.6 Å². The van der Waals surface area contributed by atoms with Crippen molar-refractivity contribution in [3.05, 3.63) is 23.7 Å². The number of hydrogen-bond acceptors (Lipinski definition) is 14. The van der Waals surface area contributed by atoms with Crippen LogP contribution in [0.4, 0.5) is 9.93 Å². The van der Waals surface area contributed by atoms with Crippen molar-refractivity contribution in [1.82, 2.24) is 29.4 Å². The van der Waals surface area contributed by atoms with Crippen molar-refractivity contribution >= 4 is 56.4 Å². The van der Waals surface area contributed by atoms with Crippen LogP contribution in [-0.2, 0) is 45.5 Å². The third kappa shape index (κ3) is 9.16. The van der Waals surface area contributed by atoms with Gasteiger partial charge in [-0.05, 0) is 48.5 Å². The van der Waals surface area contributed by atoms with E-state index in [4.69, 9.17) is 14.3 Å². The molecule has 2 aromatic heterocycles. The summed E-state index contributed by atoms with van der Waals surface area (Å²) < 4.78 is 45.0. The first-order valence-corrected chi connectivity index (χ1v) is 14.9. The highest BCUT2D eigenvalue weighted by atomic mass is 32.2. The second kappa shape index (κ2) is 12.6. The molecule has 1 unspecified atom stereocenters. The van der Waals surface area contributed by atoms with Crippen molar-refractivity contribution in [1.29, 1.82) is 0 Å². The molecule has 3 rings (SSSR count). The van der Waals surface area contributed by atoms with Crippen LogP contribution in [0.5, 0.6) is 0 Å². The number of aromatic nitrogens is 4. The molecular weight excluding hydrogens is 612 g/mol. The second-order valence-corrected chi connectivity index (χ2v) is 13.3. The summed E-state index contributed by atoms with van der Waals surface area (Å²) in [5.41, 5.74) is -2.29. The van der Waals surface area contributed by atoms with Crippen LogP contribution in [0.2, 0.25) is 0 Å². The average molecular weight is 645 g/mol. The van der Waals surface area contributed by atoms with E-state index in [0.29, 0.717) is 0 Å². The van der Waals surface area contributed by atoms with Crippen LogP contribution in [0.1, 0.15) is 54.2 Å². The number of β-lactam (4-membered cyclic amide) rings is 1. The molecule has 1 aliphatic heterocycles. The van der Waals surface area contributed by atoms with Crippen molar-refractivity contribution in [2.45, 2.75) is 84.4 Å². The number of amides is 3. The topological polar surface area (TPSA) is 234 Å². The van der Waals surface area contributed by atoms with E-state index in [1.165, 1.54) is 29.6 Å². The number of nitrogens with one attached hydrogen (secondary N) is 2. The van der Waals surface area contributed by atoms with Crippen LogP contribution < -0.4 is 10.6 Å². The van der Waals surface area contributed by atoms with E-state index in [-0.39, 0.29) is 21.7 Å². The highest BCUT2D eigenvalue weighted by Crippen LogP contribution is 2.25. The number of oxime groups is 1. The quantitative estimate of drug-likeness (QED) is 0.107. The molecule has 0 saturated carbocycles. The van der Waals surface area contributed by atoms with Crippen LogP contribution in [0.25, 0.3) is 0 Å². The molecule has 3 heterocycles. The van der Waals surface area contributed by atoms with Gasteiger partial charge in [-0.15, -0.1) is 11.3 Å². The number of rotatable bonds is 10. The smallest absolute Gasteiger partial charge is 0.413 e. The Morgan fingerprint density at radius 1 is 1.16 bits per heavy atom. The zero-order chi connectivity index (χ0) is 32.3. The summed E-state index contributed by atoms with van der Waals surface area (Å²) in [6, 6.07) is -2.74. The van der Waals surface area contributed by atoms with Gasteiger partial charge in [0.05, 0.1) is 12.6 Å². The summed E-state index contributed by atoms with van der Waals surface area (Å²) in [5, 5.41) is 13.8. The fourth-order valence-corrected chi connectivity index (χ4v) is 5.02.